The largest absolute Gasteiger partial charge is 0.459 e. The molecule has 0 radical (unpaired) electrons. The van der Waals surface area contributed by atoms with Gasteiger partial charge in [-0.2, -0.15) is 5.10 Å². The quantitative estimate of drug-likeness (QED) is 0.738. The van der Waals surface area contributed by atoms with Crippen molar-refractivity contribution in [2.75, 3.05) is 6.54 Å². The lowest BCUT2D eigenvalue weighted by atomic mass is 10.4. The SMILES string of the molecule is O=C(NCCn1nc(-n2cccn2)ccc1=O)c1ccco1. The average Bonchev–Trinajstić information content (AvgIpc) is 3.22. The topological polar surface area (TPSA) is 95.0 Å². The van der Waals surface area contributed by atoms with E-state index in [1.807, 2.05) is 0 Å². The number of carbonyl (C=O) groups excluding carboxylic acids is 1. The van der Waals surface area contributed by atoms with E-state index in [-0.39, 0.29) is 30.3 Å². The lowest BCUT2D eigenvalue weighted by molar-refractivity contribution is 0.0924. The number of hydrogen-bond donors (Lipinski definition) is 1. The van der Waals surface area contributed by atoms with E-state index in [4.69, 9.17) is 4.42 Å². The Morgan fingerprint density at radius 1 is 1.27 bits per heavy atom. The Hall–Kier alpha value is -3.16. The molecule has 1 N–H and O–H groups in total. The molecule has 0 aliphatic heterocycles. The summed E-state index contributed by atoms with van der Waals surface area (Å²) in [6.07, 6.45) is 4.78. The molecule has 0 fully saturated rings. The molecule has 0 saturated heterocycles. The van der Waals surface area contributed by atoms with Gasteiger partial charge in [0.2, 0.25) is 0 Å². The molecule has 112 valence electrons. The summed E-state index contributed by atoms with van der Waals surface area (Å²) < 4.78 is 7.81. The maximum absolute atomic E-state index is 11.8. The van der Waals surface area contributed by atoms with E-state index in [1.165, 1.54) is 17.0 Å². The van der Waals surface area contributed by atoms with Crippen LogP contribution in [0.5, 0.6) is 0 Å². The van der Waals surface area contributed by atoms with E-state index in [2.05, 4.69) is 15.5 Å². The van der Waals surface area contributed by atoms with E-state index in [1.54, 1.807) is 41.3 Å². The van der Waals surface area contributed by atoms with Gasteiger partial charge in [-0.25, -0.2) is 9.36 Å². The Morgan fingerprint density at radius 3 is 2.91 bits per heavy atom. The van der Waals surface area contributed by atoms with Gasteiger partial charge in [0.1, 0.15) is 0 Å². The maximum Gasteiger partial charge on any atom is 0.287 e. The molecule has 0 unspecified atom stereocenters. The summed E-state index contributed by atoms with van der Waals surface area (Å²) in [6, 6.07) is 7.97. The molecule has 3 heterocycles. The van der Waals surface area contributed by atoms with E-state index in [9.17, 15) is 9.59 Å². The summed E-state index contributed by atoms with van der Waals surface area (Å²) >= 11 is 0. The molecule has 3 aromatic heterocycles. The van der Waals surface area contributed by atoms with Crippen molar-refractivity contribution in [3.05, 3.63) is 65.1 Å². The highest BCUT2D eigenvalue weighted by atomic mass is 16.3. The Balaban J connectivity index is 1.66. The number of aromatic nitrogens is 4. The number of carbonyl (C=O) groups is 1. The third-order valence-electron chi connectivity index (χ3n) is 2.95. The van der Waals surface area contributed by atoms with Crippen LogP contribution in [-0.2, 0) is 6.54 Å². The number of nitrogens with zero attached hydrogens (tertiary/aromatic N) is 4. The number of furan rings is 1. The van der Waals surface area contributed by atoms with E-state index < -0.39 is 0 Å². The van der Waals surface area contributed by atoms with Crippen molar-refractivity contribution in [2.24, 2.45) is 0 Å². The summed E-state index contributed by atoms with van der Waals surface area (Å²) in [5.74, 6) is 0.425. The zero-order valence-corrected chi connectivity index (χ0v) is 11.5. The van der Waals surface area contributed by atoms with Gasteiger partial charge in [0.15, 0.2) is 11.6 Å². The van der Waals surface area contributed by atoms with Crippen LogP contribution in [-0.4, -0.2) is 32.0 Å². The highest BCUT2D eigenvalue weighted by molar-refractivity contribution is 5.91. The third kappa shape index (κ3) is 2.95. The molecule has 0 aromatic carbocycles. The predicted molar refractivity (Wildman–Crippen MR) is 76.7 cm³/mol. The first-order chi connectivity index (χ1) is 10.7. The molecule has 8 nitrogen and oxygen atoms in total. The van der Waals surface area contributed by atoms with Gasteiger partial charge in [0.25, 0.3) is 11.5 Å². The van der Waals surface area contributed by atoms with Crippen LogP contribution in [0.3, 0.4) is 0 Å². The minimum absolute atomic E-state index is 0.227. The van der Waals surface area contributed by atoms with Crippen molar-refractivity contribution in [1.29, 1.82) is 0 Å². The standard InChI is InChI=1S/C14H13N5O3/c20-13-5-4-12(18-8-2-6-16-18)17-19(13)9-7-15-14(21)11-3-1-10-22-11/h1-6,8,10H,7,9H2,(H,15,21). The number of rotatable bonds is 5. The molecule has 3 rings (SSSR count). The van der Waals surface area contributed by atoms with Crippen LogP contribution in [0.25, 0.3) is 5.82 Å². The molecular formula is C14H13N5O3. The van der Waals surface area contributed by atoms with Crippen LogP contribution < -0.4 is 10.9 Å². The molecule has 1 amide bonds. The second-order valence-electron chi connectivity index (χ2n) is 4.44. The Labute approximate surface area is 125 Å². The molecule has 0 spiro atoms. The summed E-state index contributed by atoms with van der Waals surface area (Å²) in [5.41, 5.74) is -0.247. The van der Waals surface area contributed by atoms with Gasteiger partial charge >= 0.3 is 0 Å². The normalized spacial score (nSPS) is 10.5. The molecule has 22 heavy (non-hydrogen) atoms. The fraction of sp³-hybridized carbons (Fsp3) is 0.143. The molecule has 0 aliphatic carbocycles. The van der Waals surface area contributed by atoms with Gasteiger partial charge in [-0.3, -0.25) is 9.59 Å². The van der Waals surface area contributed by atoms with Crippen molar-refractivity contribution in [3.8, 4) is 5.82 Å². The number of hydrogen-bond acceptors (Lipinski definition) is 5. The van der Waals surface area contributed by atoms with Crippen LogP contribution >= 0.6 is 0 Å². The first-order valence-electron chi connectivity index (χ1n) is 6.64. The molecule has 0 atom stereocenters. The highest BCUT2D eigenvalue weighted by Crippen LogP contribution is 1.99. The van der Waals surface area contributed by atoms with Gasteiger partial charge in [-0.05, 0) is 24.3 Å². The van der Waals surface area contributed by atoms with E-state index in [0.29, 0.717) is 5.82 Å². The zero-order chi connectivity index (χ0) is 15.4. The van der Waals surface area contributed by atoms with Gasteiger partial charge in [0.05, 0.1) is 12.8 Å². The molecule has 0 aliphatic rings. The summed E-state index contributed by atoms with van der Waals surface area (Å²) in [5, 5.41) is 10.9. The van der Waals surface area contributed by atoms with Gasteiger partial charge in [-0.15, -0.1) is 5.10 Å². The van der Waals surface area contributed by atoms with E-state index >= 15 is 0 Å². The smallest absolute Gasteiger partial charge is 0.287 e. The predicted octanol–water partition coefficient (Wildman–Crippen LogP) is 0.452. The van der Waals surface area contributed by atoms with Crippen molar-refractivity contribution in [1.82, 2.24) is 24.9 Å². The lowest BCUT2D eigenvalue weighted by Crippen LogP contribution is -2.32. The summed E-state index contributed by atoms with van der Waals surface area (Å²) in [6.45, 7) is 0.509. The molecule has 8 heteroatoms. The highest BCUT2D eigenvalue weighted by Gasteiger charge is 2.08. The first kappa shape index (κ1) is 13.8. The Morgan fingerprint density at radius 2 is 2.18 bits per heavy atom. The minimum atomic E-state index is -0.332. The molecule has 0 saturated carbocycles. The Bertz CT molecular complexity index is 805. The van der Waals surface area contributed by atoms with Crippen molar-refractivity contribution >= 4 is 5.91 Å². The van der Waals surface area contributed by atoms with Crippen LogP contribution in [0.2, 0.25) is 0 Å². The zero-order valence-electron chi connectivity index (χ0n) is 11.5. The van der Waals surface area contributed by atoms with Crippen LogP contribution in [0, 0.1) is 0 Å². The second-order valence-corrected chi connectivity index (χ2v) is 4.44. The Kier molecular flexibility index (Phi) is 3.82. The van der Waals surface area contributed by atoms with Gasteiger partial charge in [-0.1, -0.05) is 0 Å². The van der Waals surface area contributed by atoms with Crippen LogP contribution in [0.1, 0.15) is 10.6 Å². The first-order valence-corrected chi connectivity index (χ1v) is 6.64. The van der Waals surface area contributed by atoms with Gasteiger partial charge in [0, 0.05) is 25.0 Å². The number of nitrogens with one attached hydrogen (secondary N) is 1. The van der Waals surface area contributed by atoms with Crippen LogP contribution in [0.15, 0.2) is 58.2 Å². The van der Waals surface area contributed by atoms with Crippen molar-refractivity contribution < 1.29 is 9.21 Å². The van der Waals surface area contributed by atoms with Crippen LogP contribution in [0.4, 0.5) is 0 Å². The van der Waals surface area contributed by atoms with Gasteiger partial charge < -0.3 is 9.73 Å². The molecule has 0 bridgehead atoms. The maximum atomic E-state index is 11.8. The fourth-order valence-corrected chi connectivity index (χ4v) is 1.90. The summed E-state index contributed by atoms with van der Waals surface area (Å²) in [7, 11) is 0. The van der Waals surface area contributed by atoms with Crippen molar-refractivity contribution in [2.45, 2.75) is 6.54 Å². The van der Waals surface area contributed by atoms with E-state index in [0.717, 1.165) is 0 Å². The fourth-order valence-electron chi connectivity index (χ4n) is 1.90. The average molecular weight is 299 g/mol. The third-order valence-corrected chi connectivity index (χ3v) is 2.95. The molecule has 3 aromatic rings. The monoisotopic (exact) mass is 299 g/mol. The van der Waals surface area contributed by atoms with Crippen molar-refractivity contribution in [3.63, 3.8) is 0 Å². The second kappa shape index (κ2) is 6.08. The number of amides is 1. The minimum Gasteiger partial charge on any atom is -0.459 e. The lowest BCUT2D eigenvalue weighted by Gasteiger charge is -2.07. The molecular weight excluding hydrogens is 286 g/mol. The summed E-state index contributed by atoms with van der Waals surface area (Å²) in [4.78, 5) is 23.5.